The van der Waals surface area contributed by atoms with Gasteiger partial charge < -0.3 is 23.4 Å². The van der Waals surface area contributed by atoms with Crippen molar-refractivity contribution in [3.63, 3.8) is 0 Å². The molecule has 0 radical (unpaired) electrons. The van der Waals surface area contributed by atoms with Crippen molar-refractivity contribution >= 4 is 55.1 Å². The lowest BCUT2D eigenvalue weighted by molar-refractivity contribution is -0.123. The number of halogens is 1. The first-order valence-corrected chi connectivity index (χ1v) is 18.0. The van der Waals surface area contributed by atoms with Crippen molar-refractivity contribution in [1.29, 1.82) is 0 Å². The summed E-state index contributed by atoms with van der Waals surface area (Å²) in [5.41, 5.74) is 0.754. The van der Waals surface area contributed by atoms with E-state index in [0.717, 1.165) is 0 Å². The molecule has 0 amide bonds. The molecular formula is C33H37IO8Si. The lowest BCUT2D eigenvalue weighted by Crippen LogP contribution is -2.50. The second kappa shape index (κ2) is 15.4. The van der Waals surface area contributed by atoms with Crippen LogP contribution in [0.3, 0.4) is 0 Å². The molecule has 0 spiro atoms. The van der Waals surface area contributed by atoms with Crippen LogP contribution in [0.4, 0.5) is 0 Å². The maximum atomic E-state index is 13.3. The number of carbonyl (C=O) groups is 4. The van der Waals surface area contributed by atoms with Gasteiger partial charge in [-0.25, -0.2) is 14.4 Å². The Bertz CT molecular complexity index is 1360. The summed E-state index contributed by atoms with van der Waals surface area (Å²) < 4.78 is 22.8. The Morgan fingerprint density at radius 3 is 1.44 bits per heavy atom. The molecule has 0 aliphatic carbocycles. The number of alkyl halides is 1. The van der Waals surface area contributed by atoms with Crippen LogP contribution in [0.1, 0.15) is 51.8 Å². The number of ether oxygens (including phenoxy) is 3. The van der Waals surface area contributed by atoms with E-state index in [9.17, 15) is 19.2 Å². The maximum absolute atomic E-state index is 13.3. The lowest BCUT2D eigenvalue weighted by Gasteiger charge is -2.38. The smallest absolute Gasteiger partial charge is 0.339 e. The van der Waals surface area contributed by atoms with Gasteiger partial charge in [-0.05, 0) is 77.1 Å². The summed E-state index contributed by atoms with van der Waals surface area (Å²) in [5.74, 6) is -3.20. The van der Waals surface area contributed by atoms with Crippen molar-refractivity contribution in [1.82, 2.24) is 0 Å². The van der Waals surface area contributed by atoms with Crippen LogP contribution in [0.2, 0.25) is 18.1 Å². The second-order valence-electron chi connectivity index (χ2n) is 11.5. The van der Waals surface area contributed by atoms with Gasteiger partial charge in [0.25, 0.3) is 0 Å². The monoisotopic (exact) mass is 716 g/mol. The van der Waals surface area contributed by atoms with Crippen molar-refractivity contribution in [2.24, 2.45) is 5.92 Å². The molecule has 8 nitrogen and oxygen atoms in total. The summed E-state index contributed by atoms with van der Waals surface area (Å²) in [4.78, 5) is 52.3. The van der Waals surface area contributed by atoms with E-state index in [-0.39, 0.29) is 28.3 Å². The number of hydrogen-bond acceptors (Lipinski definition) is 8. The molecule has 3 aromatic carbocycles. The highest BCUT2D eigenvalue weighted by molar-refractivity contribution is 14.1. The molecule has 1 unspecified atom stereocenters. The standard InChI is InChI=1S/C33H37IO8Si/c1-33(2,3)43(4,5)39-22-26(21-35)27(40-30(36)23-15-9-6-10-16-23)28(41-31(37)24-17-11-7-12-18-24)29(34)42-32(38)25-19-13-8-14-20-25/h6-21,26-29H,22H2,1-5H3/t26-,27-,28+,29?/m1/s1. The summed E-state index contributed by atoms with van der Waals surface area (Å²) in [6, 6.07) is 24.8. The molecule has 3 aromatic rings. The predicted molar refractivity (Wildman–Crippen MR) is 174 cm³/mol. The average Bonchev–Trinajstić information content (AvgIpc) is 3.00. The summed E-state index contributed by atoms with van der Waals surface area (Å²) in [6.45, 7) is 10.2. The molecule has 0 aromatic heterocycles. The van der Waals surface area contributed by atoms with E-state index in [0.29, 0.717) is 6.29 Å². The Kier molecular flexibility index (Phi) is 12.2. The second-order valence-corrected chi connectivity index (χ2v) is 17.5. The van der Waals surface area contributed by atoms with Crippen LogP contribution < -0.4 is 0 Å². The Labute approximate surface area is 267 Å². The van der Waals surface area contributed by atoms with E-state index in [1.165, 1.54) is 0 Å². The van der Waals surface area contributed by atoms with Crippen LogP contribution >= 0.6 is 22.6 Å². The third-order valence-electron chi connectivity index (χ3n) is 7.36. The number of carbonyl (C=O) groups excluding carboxylic acids is 4. The molecule has 10 heteroatoms. The van der Waals surface area contributed by atoms with Crippen LogP contribution in [-0.4, -0.2) is 55.4 Å². The minimum atomic E-state index is -2.34. The van der Waals surface area contributed by atoms with Crippen LogP contribution in [-0.2, 0) is 23.4 Å². The van der Waals surface area contributed by atoms with E-state index in [2.05, 4.69) is 20.8 Å². The Morgan fingerprint density at radius 1 is 0.698 bits per heavy atom. The van der Waals surface area contributed by atoms with Crippen LogP contribution in [0.25, 0.3) is 0 Å². The summed E-state index contributed by atoms with van der Waals surface area (Å²) in [7, 11) is -2.34. The zero-order valence-corrected chi connectivity index (χ0v) is 28.1. The van der Waals surface area contributed by atoms with Gasteiger partial charge in [0.15, 0.2) is 24.6 Å². The van der Waals surface area contributed by atoms with Crippen molar-refractivity contribution in [2.75, 3.05) is 6.61 Å². The first kappa shape index (κ1) is 34.1. The Morgan fingerprint density at radius 2 is 1.07 bits per heavy atom. The number of aldehydes is 1. The zero-order valence-electron chi connectivity index (χ0n) is 24.9. The quantitative estimate of drug-likeness (QED) is 0.0471. The van der Waals surface area contributed by atoms with E-state index < -0.39 is 48.5 Å². The first-order valence-electron chi connectivity index (χ1n) is 13.9. The number of esters is 3. The third kappa shape index (κ3) is 9.57. The highest BCUT2D eigenvalue weighted by Gasteiger charge is 2.44. The van der Waals surface area contributed by atoms with Gasteiger partial charge in [0.1, 0.15) is 6.29 Å². The fraction of sp³-hybridized carbons (Fsp3) is 0.333. The highest BCUT2D eigenvalue weighted by Crippen LogP contribution is 2.37. The largest absolute Gasteiger partial charge is 0.454 e. The molecule has 4 atom stereocenters. The predicted octanol–water partition coefficient (Wildman–Crippen LogP) is 6.89. The molecule has 0 saturated carbocycles. The van der Waals surface area contributed by atoms with Crippen molar-refractivity contribution < 1.29 is 37.8 Å². The van der Waals surface area contributed by atoms with Gasteiger partial charge in [0.05, 0.1) is 22.6 Å². The molecule has 3 rings (SSSR count). The molecule has 0 aliphatic rings. The summed E-state index contributed by atoms with van der Waals surface area (Å²) in [5, 5.41) is -0.160. The van der Waals surface area contributed by atoms with Crippen LogP contribution in [0, 0.1) is 5.92 Å². The summed E-state index contributed by atoms with van der Waals surface area (Å²) in [6.07, 6.45) is -2.10. The lowest BCUT2D eigenvalue weighted by atomic mass is 9.99. The number of rotatable bonds is 13. The fourth-order valence-electron chi connectivity index (χ4n) is 3.74. The molecule has 0 aliphatic heterocycles. The van der Waals surface area contributed by atoms with E-state index in [1.54, 1.807) is 91.0 Å². The molecule has 0 N–H and O–H groups in total. The minimum Gasteiger partial charge on any atom is -0.454 e. The first-order chi connectivity index (χ1) is 20.3. The summed E-state index contributed by atoms with van der Waals surface area (Å²) >= 11 is 1.82. The van der Waals surface area contributed by atoms with Crippen molar-refractivity contribution in [3.8, 4) is 0 Å². The van der Waals surface area contributed by atoms with Gasteiger partial charge in [-0.3, -0.25) is 0 Å². The molecule has 0 bridgehead atoms. The van der Waals surface area contributed by atoms with E-state index in [1.807, 2.05) is 35.7 Å². The molecule has 43 heavy (non-hydrogen) atoms. The van der Waals surface area contributed by atoms with Gasteiger partial charge in [0.2, 0.25) is 0 Å². The molecule has 228 valence electrons. The van der Waals surface area contributed by atoms with Crippen molar-refractivity contribution in [2.45, 2.75) is 55.2 Å². The van der Waals surface area contributed by atoms with Gasteiger partial charge in [-0.2, -0.15) is 0 Å². The topological polar surface area (TPSA) is 105 Å². The Hall–Kier alpha value is -3.35. The zero-order chi connectivity index (χ0) is 31.6. The normalized spacial score (nSPS) is 14.5. The van der Waals surface area contributed by atoms with Gasteiger partial charge >= 0.3 is 17.9 Å². The van der Waals surface area contributed by atoms with Gasteiger partial charge in [0, 0.05) is 6.61 Å². The van der Waals surface area contributed by atoms with Gasteiger partial charge in [-0.1, -0.05) is 75.4 Å². The number of benzene rings is 3. The van der Waals surface area contributed by atoms with Crippen molar-refractivity contribution in [3.05, 3.63) is 108 Å². The third-order valence-corrected chi connectivity index (χ3v) is 12.8. The molecular weight excluding hydrogens is 679 g/mol. The van der Waals surface area contributed by atoms with Gasteiger partial charge in [-0.15, -0.1) is 0 Å². The molecule has 0 heterocycles. The molecule has 0 saturated heterocycles. The minimum absolute atomic E-state index is 0.0951. The highest BCUT2D eigenvalue weighted by atomic mass is 127. The molecule has 0 fully saturated rings. The SMILES string of the molecule is CC(C)(C)[Si](C)(C)OC[C@@H](C=O)[C@@H](OC(=O)c1ccccc1)[C@H](OC(=O)c1ccccc1)C(I)OC(=O)c1ccccc1. The van der Waals surface area contributed by atoms with E-state index in [4.69, 9.17) is 18.6 Å². The number of hydrogen-bond donors (Lipinski definition) is 0. The van der Waals surface area contributed by atoms with Crippen LogP contribution in [0.5, 0.6) is 0 Å². The average molecular weight is 717 g/mol. The van der Waals surface area contributed by atoms with E-state index >= 15 is 0 Å². The maximum Gasteiger partial charge on any atom is 0.339 e. The Balaban J connectivity index is 2.02. The fourth-order valence-corrected chi connectivity index (χ4v) is 5.57. The van der Waals surface area contributed by atoms with Crippen LogP contribution in [0.15, 0.2) is 91.0 Å².